The van der Waals surface area contributed by atoms with Crippen LogP contribution in [0.15, 0.2) is 24.3 Å². The van der Waals surface area contributed by atoms with E-state index in [9.17, 15) is 0 Å². The van der Waals surface area contributed by atoms with Crippen molar-refractivity contribution in [1.82, 2.24) is 4.90 Å². The minimum absolute atomic E-state index is 0.616. The predicted octanol–water partition coefficient (Wildman–Crippen LogP) is 3.18. The molecule has 2 aliphatic heterocycles. The van der Waals surface area contributed by atoms with Crippen molar-refractivity contribution in [3.05, 3.63) is 24.3 Å². The average Bonchev–Trinajstić information content (AvgIpc) is 2.97. The minimum atomic E-state index is 0.616. The maximum absolute atomic E-state index is 3.81. The molecule has 2 unspecified atom stereocenters. The Morgan fingerprint density at radius 3 is 2.60 bits per heavy atom. The number of hydrogen-bond acceptors (Lipinski definition) is 3. The molecule has 20 heavy (non-hydrogen) atoms. The SMILES string of the molecule is CC1CC(Nc2ccccc2N2CCCC2)CCN1C. The Hall–Kier alpha value is -1.22. The molecule has 3 nitrogen and oxygen atoms in total. The van der Waals surface area contributed by atoms with Crippen molar-refractivity contribution in [2.75, 3.05) is 36.9 Å². The van der Waals surface area contributed by atoms with Gasteiger partial charge in [0.05, 0.1) is 11.4 Å². The molecule has 0 radical (unpaired) electrons. The van der Waals surface area contributed by atoms with Crippen molar-refractivity contribution in [1.29, 1.82) is 0 Å². The molecule has 110 valence electrons. The Labute approximate surface area is 123 Å². The van der Waals surface area contributed by atoms with Gasteiger partial charge < -0.3 is 15.1 Å². The number of anilines is 2. The quantitative estimate of drug-likeness (QED) is 0.912. The van der Waals surface area contributed by atoms with E-state index < -0.39 is 0 Å². The van der Waals surface area contributed by atoms with Crippen LogP contribution < -0.4 is 10.2 Å². The summed E-state index contributed by atoms with van der Waals surface area (Å²) in [6.45, 7) is 5.95. The van der Waals surface area contributed by atoms with E-state index in [-0.39, 0.29) is 0 Å². The number of likely N-dealkylation sites (tertiary alicyclic amines) is 1. The van der Waals surface area contributed by atoms with Crippen LogP contribution in [0.2, 0.25) is 0 Å². The van der Waals surface area contributed by atoms with E-state index in [0.717, 1.165) is 0 Å². The third-order valence-corrected chi connectivity index (χ3v) is 4.92. The van der Waals surface area contributed by atoms with E-state index in [1.165, 1.54) is 56.7 Å². The van der Waals surface area contributed by atoms with Crippen molar-refractivity contribution >= 4 is 11.4 Å². The molecule has 1 aromatic rings. The molecule has 0 aliphatic carbocycles. The molecule has 1 N–H and O–H groups in total. The van der Waals surface area contributed by atoms with Crippen LogP contribution >= 0.6 is 0 Å². The first-order valence-electron chi connectivity index (χ1n) is 8.05. The normalized spacial score (nSPS) is 27.8. The smallest absolute Gasteiger partial charge is 0.0602 e. The average molecular weight is 273 g/mol. The van der Waals surface area contributed by atoms with Gasteiger partial charge >= 0.3 is 0 Å². The Morgan fingerprint density at radius 1 is 1.10 bits per heavy atom. The van der Waals surface area contributed by atoms with Gasteiger partial charge in [0.25, 0.3) is 0 Å². The second-order valence-corrected chi connectivity index (χ2v) is 6.41. The highest BCUT2D eigenvalue weighted by molar-refractivity contribution is 5.70. The first-order chi connectivity index (χ1) is 9.74. The molecular weight excluding hydrogens is 246 g/mol. The van der Waals surface area contributed by atoms with Crippen molar-refractivity contribution in [2.45, 2.75) is 44.7 Å². The van der Waals surface area contributed by atoms with Crippen molar-refractivity contribution in [3.8, 4) is 0 Å². The van der Waals surface area contributed by atoms with Gasteiger partial charge in [-0.25, -0.2) is 0 Å². The lowest BCUT2D eigenvalue weighted by Crippen LogP contribution is -2.42. The van der Waals surface area contributed by atoms with Crippen LogP contribution in [-0.2, 0) is 0 Å². The first kappa shape index (κ1) is 13.7. The molecule has 1 aromatic carbocycles. The molecule has 2 aliphatic rings. The Bertz CT molecular complexity index is 440. The number of nitrogens with one attached hydrogen (secondary N) is 1. The second-order valence-electron chi connectivity index (χ2n) is 6.41. The zero-order valence-corrected chi connectivity index (χ0v) is 12.8. The summed E-state index contributed by atoms with van der Waals surface area (Å²) in [5.74, 6) is 0. The molecule has 0 saturated carbocycles. The van der Waals surface area contributed by atoms with Gasteiger partial charge in [-0.3, -0.25) is 0 Å². The number of rotatable bonds is 3. The maximum Gasteiger partial charge on any atom is 0.0602 e. The highest BCUT2D eigenvalue weighted by Crippen LogP contribution is 2.30. The van der Waals surface area contributed by atoms with Gasteiger partial charge in [0, 0.05) is 31.7 Å². The Morgan fingerprint density at radius 2 is 1.85 bits per heavy atom. The fourth-order valence-electron chi connectivity index (χ4n) is 3.47. The number of nitrogens with zero attached hydrogens (tertiary/aromatic N) is 2. The standard InChI is InChI=1S/C17H27N3/c1-14-13-15(9-12-19(14)2)18-16-7-3-4-8-17(16)20-10-5-6-11-20/h3-4,7-8,14-15,18H,5-6,9-13H2,1-2H3. The molecule has 2 heterocycles. The van der Waals surface area contributed by atoms with E-state index in [2.05, 4.69) is 53.4 Å². The van der Waals surface area contributed by atoms with Crippen molar-refractivity contribution in [3.63, 3.8) is 0 Å². The Kier molecular flexibility index (Phi) is 4.16. The van der Waals surface area contributed by atoms with E-state index in [1.807, 2.05) is 0 Å². The van der Waals surface area contributed by atoms with E-state index >= 15 is 0 Å². The van der Waals surface area contributed by atoms with Crippen LogP contribution in [0.25, 0.3) is 0 Å². The lowest BCUT2D eigenvalue weighted by Gasteiger charge is -2.36. The van der Waals surface area contributed by atoms with Crippen LogP contribution in [0, 0.1) is 0 Å². The molecule has 0 aromatic heterocycles. The van der Waals surface area contributed by atoms with Gasteiger partial charge in [0.15, 0.2) is 0 Å². The van der Waals surface area contributed by atoms with Crippen molar-refractivity contribution < 1.29 is 0 Å². The molecule has 0 bridgehead atoms. The molecule has 3 heteroatoms. The number of piperidine rings is 1. The predicted molar refractivity (Wildman–Crippen MR) is 86.6 cm³/mol. The van der Waals surface area contributed by atoms with Gasteiger partial charge in [0.2, 0.25) is 0 Å². The molecular formula is C17H27N3. The topological polar surface area (TPSA) is 18.5 Å². The van der Waals surface area contributed by atoms with Gasteiger partial charge in [-0.15, -0.1) is 0 Å². The first-order valence-corrected chi connectivity index (χ1v) is 8.05. The largest absolute Gasteiger partial charge is 0.381 e. The summed E-state index contributed by atoms with van der Waals surface area (Å²) < 4.78 is 0. The fourth-order valence-corrected chi connectivity index (χ4v) is 3.47. The lowest BCUT2D eigenvalue weighted by molar-refractivity contribution is 0.190. The second kappa shape index (κ2) is 6.04. The lowest BCUT2D eigenvalue weighted by atomic mass is 9.98. The van der Waals surface area contributed by atoms with Crippen LogP contribution in [0.5, 0.6) is 0 Å². The summed E-state index contributed by atoms with van der Waals surface area (Å²) in [5, 5.41) is 3.81. The molecule has 2 fully saturated rings. The summed E-state index contributed by atoms with van der Waals surface area (Å²) >= 11 is 0. The maximum atomic E-state index is 3.81. The highest BCUT2D eigenvalue weighted by Gasteiger charge is 2.24. The molecule has 2 atom stereocenters. The number of para-hydroxylation sites is 2. The van der Waals surface area contributed by atoms with E-state index in [0.29, 0.717) is 12.1 Å². The van der Waals surface area contributed by atoms with Crippen LogP contribution in [-0.4, -0.2) is 43.7 Å². The molecule has 2 saturated heterocycles. The van der Waals surface area contributed by atoms with Gasteiger partial charge in [-0.1, -0.05) is 12.1 Å². The zero-order valence-electron chi connectivity index (χ0n) is 12.8. The van der Waals surface area contributed by atoms with Gasteiger partial charge in [-0.2, -0.15) is 0 Å². The van der Waals surface area contributed by atoms with E-state index in [4.69, 9.17) is 0 Å². The summed E-state index contributed by atoms with van der Waals surface area (Å²) in [5.41, 5.74) is 2.73. The van der Waals surface area contributed by atoms with Crippen LogP contribution in [0.1, 0.15) is 32.6 Å². The van der Waals surface area contributed by atoms with Gasteiger partial charge in [0.1, 0.15) is 0 Å². The van der Waals surface area contributed by atoms with Crippen LogP contribution in [0.4, 0.5) is 11.4 Å². The van der Waals surface area contributed by atoms with Crippen LogP contribution in [0.3, 0.4) is 0 Å². The number of hydrogen-bond donors (Lipinski definition) is 1. The zero-order chi connectivity index (χ0) is 13.9. The highest BCUT2D eigenvalue weighted by atomic mass is 15.2. The molecule has 3 rings (SSSR count). The fraction of sp³-hybridized carbons (Fsp3) is 0.647. The summed E-state index contributed by atoms with van der Waals surface area (Å²) in [7, 11) is 2.24. The summed E-state index contributed by atoms with van der Waals surface area (Å²) in [4.78, 5) is 4.99. The third-order valence-electron chi connectivity index (χ3n) is 4.92. The summed E-state index contributed by atoms with van der Waals surface area (Å²) in [6, 6.07) is 10.1. The monoisotopic (exact) mass is 273 g/mol. The van der Waals surface area contributed by atoms with Crippen molar-refractivity contribution in [2.24, 2.45) is 0 Å². The third kappa shape index (κ3) is 2.93. The van der Waals surface area contributed by atoms with E-state index in [1.54, 1.807) is 0 Å². The molecule has 0 amide bonds. The summed E-state index contributed by atoms with van der Waals surface area (Å²) in [6.07, 6.45) is 5.15. The Balaban J connectivity index is 1.71. The number of benzene rings is 1. The molecule has 0 spiro atoms. The van der Waals surface area contributed by atoms with Gasteiger partial charge in [-0.05, 0) is 51.8 Å². The minimum Gasteiger partial charge on any atom is -0.381 e.